The van der Waals surface area contributed by atoms with Gasteiger partial charge in [0.2, 0.25) is 0 Å². The van der Waals surface area contributed by atoms with Crippen molar-refractivity contribution in [3.63, 3.8) is 0 Å². The van der Waals surface area contributed by atoms with Crippen LogP contribution in [0.25, 0.3) is 0 Å². The molecule has 1 unspecified atom stereocenters. The molecule has 1 atom stereocenters. The second kappa shape index (κ2) is 3.89. The van der Waals surface area contributed by atoms with E-state index in [9.17, 15) is 8.78 Å². The van der Waals surface area contributed by atoms with Crippen molar-refractivity contribution in [1.82, 2.24) is 5.32 Å². The summed E-state index contributed by atoms with van der Waals surface area (Å²) in [6, 6.07) is 6.82. The Morgan fingerprint density at radius 3 is 2.67 bits per heavy atom. The van der Waals surface area contributed by atoms with Gasteiger partial charge in [-0.1, -0.05) is 24.3 Å². The zero-order chi connectivity index (χ0) is 10.9. The summed E-state index contributed by atoms with van der Waals surface area (Å²) >= 11 is 0. The molecule has 1 saturated heterocycles. The lowest BCUT2D eigenvalue weighted by Gasteiger charge is -2.27. The molecule has 3 heteroatoms. The molecule has 1 aliphatic rings. The topological polar surface area (TPSA) is 12.0 Å². The summed E-state index contributed by atoms with van der Waals surface area (Å²) in [5.74, 6) is 0. The Kier molecular flexibility index (Phi) is 2.74. The van der Waals surface area contributed by atoms with Gasteiger partial charge in [-0.05, 0) is 31.9 Å². The average molecular weight is 211 g/mol. The molecule has 1 nitrogen and oxygen atoms in total. The van der Waals surface area contributed by atoms with Gasteiger partial charge in [-0.3, -0.25) is 0 Å². The monoisotopic (exact) mass is 211 g/mol. The second-order valence-corrected chi connectivity index (χ2v) is 4.25. The predicted molar refractivity (Wildman–Crippen MR) is 56.0 cm³/mol. The van der Waals surface area contributed by atoms with E-state index in [0.717, 1.165) is 24.9 Å². The second-order valence-electron chi connectivity index (χ2n) is 4.25. The van der Waals surface area contributed by atoms with Gasteiger partial charge in [0, 0.05) is 11.1 Å². The minimum atomic E-state index is -2.39. The summed E-state index contributed by atoms with van der Waals surface area (Å²) in [5, 5.41) is 3.31. The molecule has 1 aromatic rings. The minimum absolute atomic E-state index is 0.161. The Morgan fingerprint density at radius 1 is 1.33 bits per heavy atom. The fourth-order valence-electron chi connectivity index (χ4n) is 2.31. The van der Waals surface area contributed by atoms with Crippen LogP contribution in [0.4, 0.5) is 8.78 Å². The molecule has 0 bridgehead atoms. The molecule has 0 amide bonds. The summed E-state index contributed by atoms with van der Waals surface area (Å²) in [5.41, 5.74) is 0.638. The fourth-order valence-corrected chi connectivity index (χ4v) is 2.31. The molecule has 0 aliphatic carbocycles. The van der Waals surface area contributed by atoms with Gasteiger partial charge in [-0.2, -0.15) is 0 Å². The molecule has 15 heavy (non-hydrogen) atoms. The zero-order valence-corrected chi connectivity index (χ0v) is 8.76. The summed E-state index contributed by atoms with van der Waals surface area (Å²) in [6.45, 7) is 2.91. The van der Waals surface area contributed by atoms with E-state index < -0.39 is 6.43 Å². The van der Waals surface area contributed by atoms with Crippen LogP contribution in [0.15, 0.2) is 24.3 Å². The first-order chi connectivity index (χ1) is 7.13. The highest BCUT2D eigenvalue weighted by molar-refractivity contribution is 5.34. The lowest BCUT2D eigenvalue weighted by Crippen LogP contribution is -2.34. The van der Waals surface area contributed by atoms with Gasteiger partial charge < -0.3 is 5.32 Å². The summed E-state index contributed by atoms with van der Waals surface area (Å²) in [4.78, 5) is 0. The maximum Gasteiger partial charge on any atom is 0.264 e. The first-order valence-corrected chi connectivity index (χ1v) is 5.26. The highest BCUT2D eigenvalue weighted by Crippen LogP contribution is 2.36. The first-order valence-electron chi connectivity index (χ1n) is 5.26. The van der Waals surface area contributed by atoms with Crippen LogP contribution in [0.2, 0.25) is 0 Å². The number of hydrogen-bond donors (Lipinski definition) is 1. The van der Waals surface area contributed by atoms with Gasteiger partial charge in [0.15, 0.2) is 0 Å². The molecular formula is C12H15F2N. The van der Waals surface area contributed by atoms with Gasteiger partial charge >= 0.3 is 0 Å². The molecule has 82 valence electrons. The van der Waals surface area contributed by atoms with E-state index in [1.54, 1.807) is 12.1 Å². The predicted octanol–water partition coefficient (Wildman–Crippen LogP) is 3.22. The summed E-state index contributed by atoms with van der Waals surface area (Å²) < 4.78 is 25.6. The Hall–Kier alpha value is -0.960. The number of rotatable bonds is 2. The van der Waals surface area contributed by atoms with Crippen LogP contribution in [0.1, 0.15) is 37.3 Å². The molecule has 1 aliphatic heterocycles. The van der Waals surface area contributed by atoms with Crippen molar-refractivity contribution in [1.29, 1.82) is 0 Å². The van der Waals surface area contributed by atoms with Crippen molar-refractivity contribution in [3.05, 3.63) is 35.4 Å². The van der Waals surface area contributed by atoms with Crippen LogP contribution in [0.3, 0.4) is 0 Å². The molecule has 0 aromatic heterocycles. The van der Waals surface area contributed by atoms with E-state index in [2.05, 4.69) is 5.32 Å². The van der Waals surface area contributed by atoms with Gasteiger partial charge in [-0.15, -0.1) is 0 Å². The van der Waals surface area contributed by atoms with Gasteiger partial charge in [0.25, 0.3) is 6.43 Å². The van der Waals surface area contributed by atoms with E-state index in [-0.39, 0.29) is 11.1 Å². The van der Waals surface area contributed by atoms with Gasteiger partial charge in [0.1, 0.15) is 0 Å². The normalized spacial score (nSPS) is 26.1. The maximum absolute atomic E-state index is 12.8. The molecule has 2 rings (SSSR count). The molecule has 0 radical (unpaired) electrons. The molecule has 1 heterocycles. The third kappa shape index (κ3) is 1.88. The van der Waals surface area contributed by atoms with Crippen molar-refractivity contribution < 1.29 is 8.78 Å². The third-order valence-electron chi connectivity index (χ3n) is 3.16. The number of hydrogen-bond acceptors (Lipinski definition) is 1. The lowest BCUT2D eigenvalue weighted by atomic mass is 9.87. The SMILES string of the molecule is CC1(c2ccccc2C(F)F)CCCN1. The summed E-state index contributed by atoms with van der Waals surface area (Å²) in [7, 11) is 0. The van der Waals surface area contributed by atoms with Crippen LogP contribution in [0.5, 0.6) is 0 Å². The largest absolute Gasteiger partial charge is 0.308 e. The molecule has 1 fully saturated rings. The van der Waals surface area contributed by atoms with Gasteiger partial charge in [-0.25, -0.2) is 8.78 Å². The fraction of sp³-hybridized carbons (Fsp3) is 0.500. The number of nitrogens with one attached hydrogen (secondary N) is 1. The average Bonchev–Trinajstić information content (AvgIpc) is 2.66. The quantitative estimate of drug-likeness (QED) is 0.792. The summed E-state index contributed by atoms with van der Waals surface area (Å²) in [6.07, 6.45) is -0.412. The highest BCUT2D eigenvalue weighted by Gasteiger charge is 2.33. The number of benzene rings is 1. The maximum atomic E-state index is 12.8. The van der Waals surface area contributed by atoms with Crippen LogP contribution in [-0.2, 0) is 5.54 Å². The third-order valence-corrected chi connectivity index (χ3v) is 3.16. The van der Waals surface area contributed by atoms with E-state index >= 15 is 0 Å². The molecule has 1 N–H and O–H groups in total. The highest BCUT2D eigenvalue weighted by atomic mass is 19.3. The molecule has 0 saturated carbocycles. The Balaban J connectivity index is 2.42. The van der Waals surface area contributed by atoms with Crippen LogP contribution in [-0.4, -0.2) is 6.54 Å². The lowest BCUT2D eigenvalue weighted by molar-refractivity contribution is 0.148. The van der Waals surface area contributed by atoms with Crippen molar-refractivity contribution in [3.8, 4) is 0 Å². The van der Waals surface area contributed by atoms with Crippen LogP contribution in [0, 0.1) is 0 Å². The van der Waals surface area contributed by atoms with E-state index in [4.69, 9.17) is 0 Å². The Morgan fingerprint density at radius 2 is 2.07 bits per heavy atom. The van der Waals surface area contributed by atoms with Gasteiger partial charge in [0.05, 0.1) is 0 Å². The van der Waals surface area contributed by atoms with Crippen molar-refractivity contribution in [2.75, 3.05) is 6.54 Å². The number of alkyl halides is 2. The van der Waals surface area contributed by atoms with Crippen LogP contribution >= 0.6 is 0 Å². The number of halogens is 2. The Bertz CT molecular complexity index is 343. The molecule has 1 aromatic carbocycles. The first kappa shape index (κ1) is 10.6. The van der Waals surface area contributed by atoms with Crippen molar-refractivity contribution in [2.24, 2.45) is 0 Å². The van der Waals surface area contributed by atoms with Crippen molar-refractivity contribution >= 4 is 0 Å². The van der Waals surface area contributed by atoms with Crippen molar-refractivity contribution in [2.45, 2.75) is 31.7 Å². The Labute approximate surface area is 88.5 Å². The zero-order valence-electron chi connectivity index (χ0n) is 8.76. The van der Waals surface area contributed by atoms with E-state index in [1.807, 2.05) is 13.0 Å². The van der Waals surface area contributed by atoms with Crippen LogP contribution < -0.4 is 5.32 Å². The molecular weight excluding hydrogens is 196 g/mol. The standard InChI is InChI=1S/C12H15F2N/c1-12(7-4-8-15-12)10-6-3-2-5-9(10)11(13)14/h2-3,5-6,11,15H,4,7-8H2,1H3. The van der Waals surface area contributed by atoms with E-state index in [1.165, 1.54) is 6.07 Å². The van der Waals surface area contributed by atoms with E-state index in [0.29, 0.717) is 0 Å². The molecule has 0 spiro atoms. The smallest absolute Gasteiger partial charge is 0.264 e. The minimum Gasteiger partial charge on any atom is -0.308 e.